The zero-order valence-corrected chi connectivity index (χ0v) is 18.7. The molecule has 1 fully saturated rings. The summed E-state index contributed by atoms with van der Waals surface area (Å²) in [7, 11) is 0. The van der Waals surface area contributed by atoms with E-state index in [-0.39, 0.29) is 18.3 Å². The number of hydrogen-bond donors (Lipinski definition) is 2. The van der Waals surface area contributed by atoms with Crippen LogP contribution >= 0.6 is 0 Å². The lowest BCUT2D eigenvalue weighted by molar-refractivity contribution is 0.141. The summed E-state index contributed by atoms with van der Waals surface area (Å²) in [5.74, 6) is -0.197. The van der Waals surface area contributed by atoms with E-state index >= 15 is 0 Å². The molecule has 2 N–H and O–H groups in total. The molecule has 0 spiro atoms. The first kappa shape index (κ1) is 21.0. The second-order valence-electron chi connectivity index (χ2n) is 8.96. The van der Waals surface area contributed by atoms with E-state index < -0.39 is 29.5 Å². The molecule has 2 aliphatic rings. The fraction of sp³-hybridized carbons (Fsp3) is 0.250. The lowest BCUT2D eigenvalue weighted by Crippen LogP contribution is -2.51. The number of hydrogen-bond acceptors (Lipinski definition) is 7. The number of aliphatic hydroxyl groups excluding tert-OH is 1. The molecule has 0 amide bonds. The molecule has 36 heavy (non-hydrogen) atoms. The van der Waals surface area contributed by atoms with Crippen LogP contribution in [0.3, 0.4) is 0 Å². The Balaban J connectivity index is 1.49. The number of benzene rings is 2. The zero-order chi connectivity index (χ0) is 24.6. The van der Waals surface area contributed by atoms with Gasteiger partial charge in [0.2, 0.25) is 5.95 Å². The monoisotopic (exact) mass is 491 g/mol. The topological polar surface area (TPSA) is 114 Å². The van der Waals surface area contributed by atoms with E-state index in [0.717, 1.165) is 0 Å². The van der Waals surface area contributed by atoms with E-state index in [4.69, 9.17) is 9.72 Å². The van der Waals surface area contributed by atoms with Gasteiger partial charge in [-0.1, -0.05) is 12.1 Å². The van der Waals surface area contributed by atoms with Gasteiger partial charge in [-0.3, -0.25) is 9.13 Å². The Hall–Kier alpha value is -4.32. The first-order valence-corrected chi connectivity index (χ1v) is 11.5. The standard InChI is InChI=1S/C24H19F2N7O3/c25-12-4-5-16-18(8-12)32(11-27-16)23-29-21(31-9-13(34)10-31)19-22(30-23)33(24(35)28-19)17-6-7-36-20-14(17)2-1-3-15(20)26/h1-5,8,11,13,17,34H,6-7,9-10H2,(H,28,35). The molecule has 5 aromatic rings. The Morgan fingerprint density at radius 1 is 1.14 bits per heavy atom. The summed E-state index contributed by atoms with van der Waals surface area (Å²) in [6, 6.07) is 8.32. The maximum absolute atomic E-state index is 14.5. The highest BCUT2D eigenvalue weighted by atomic mass is 19.1. The lowest BCUT2D eigenvalue weighted by Gasteiger charge is -2.37. The number of halogens is 2. The van der Waals surface area contributed by atoms with E-state index in [0.29, 0.717) is 53.1 Å². The number of aromatic nitrogens is 6. The molecule has 0 bridgehead atoms. The van der Waals surface area contributed by atoms with Crippen LogP contribution in [0.1, 0.15) is 18.0 Å². The van der Waals surface area contributed by atoms with Crippen LogP contribution in [0.4, 0.5) is 14.6 Å². The summed E-state index contributed by atoms with van der Waals surface area (Å²) in [6.45, 7) is 0.902. The molecule has 0 radical (unpaired) electrons. The van der Waals surface area contributed by atoms with E-state index in [1.165, 1.54) is 29.1 Å². The number of nitrogens with zero attached hydrogens (tertiary/aromatic N) is 6. The van der Waals surface area contributed by atoms with E-state index in [9.17, 15) is 18.7 Å². The molecule has 2 aromatic carbocycles. The third-order valence-corrected chi connectivity index (χ3v) is 6.73. The highest BCUT2D eigenvalue weighted by molar-refractivity contribution is 5.86. The molecular weight excluding hydrogens is 472 g/mol. The zero-order valence-electron chi connectivity index (χ0n) is 18.7. The number of nitrogens with one attached hydrogen (secondary N) is 1. The van der Waals surface area contributed by atoms with Crippen LogP contribution in [0.25, 0.3) is 28.1 Å². The van der Waals surface area contributed by atoms with Gasteiger partial charge in [-0.25, -0.2) is 18.6 Å². The largest absolute Gasteiger partial charge is 0.490 e. The Morgan fingerprint density at radius 3 is 2.83 bits per heavy atom. The predicted molar refractivity (Wildman–Crippen MR) is 126 cm³/mol. The van der Waals surface area contributed by atoms with Crippen molar-refractivity contribution in [3.05, 3.63) is 70.4 Å². The fourth-order valence-corrected chi connectivity index (χ4v) is 5.01. The van der Waals surface area contributed by atoms with Crippen molar-refractivity contribution in [2.75, 3.05) is 24.6 Å². The van der Waals surface area contributed by atoms with E-state index in [2.05, 4.69) is 15.0 Å². The van der Waals surface area contributed by atoms with Gasteiger partial charge in [0, 0.05) is 31.1 Å². The van der Waals surface area contributed by atoms with E-state index in [1.54, 1.807) is 22.8 Å². The van der Waals surface area contributed by atoms with Crippen LogP contribution in [0, 0.1) is 11.6 Å². The van der Waals surface area contributed by atoms with Crippen LogP contribution in [0.15, 0.2) is 47.5 Å². The number of rotatable bonds is 3. The maximum Gasteiger partial charge on any atom is 0.328 e. The SMILES string of the molecule is O=c1[nH]c2c(N3CC(O)C3)nc(-n3cnc4ccc(F)cc43)nc2n1C1CCOc2c(F)cccc21. The molecule has 2 aliphatic heterocycles. The summed E-state index contributed by atoms with van der Waals surface area (Å²) in [4.78, 5) is 31.7. The Bertz CT molecular complexity index is 1720. The van der Waals surface area contributed by atoms with Crippen LogP contribution in [0.5, 0.6) is 5.75 Å². The van der Waals surface area contributed by atoms with Gasteiger partial charge in [-0.15, -0.1) is 0 Å². The molecule has 12 heteroatoms. The van der Waals surface area contributed by atoms with Crippen molar-refractivity contribution in [2.45, 2.75) is 18.6 Å². The van der Waals surface area contributed by atoms with Gasteiger partial charge in [0.05, 0.1) is 29.8 Å². The van der Waals surface area contributed by atoms with E-state index in [1.807, 2.05) is 4.90 Å². The average molecular weight is 491 g/mol. The summed E-state index contributed by atoms with van der Waals surface area (Å²) in [5.41, 5.74) is 1.84. The quantitative estimate of drug-likeness (QED) is 0.398. The second-order valence-corrected chi connectivity index (χ2v) is 8.96. The number of para-hydroxylation sites is 1. The highest BCUT2D eigenvalue weighted by Crippen LogP contribution is 2.38. The van der Waals surface area contributed by atoms with Crippen LogP contribution in [0.2, 0.25) is 0 Å². The number of fused-ring (bicyclic) bond motifs is 3. The number of β-amino-alcohol motifs (C(OH)–C–C–N with tert-alkyl or cyclic N) is 1. The molecule has 3 aromatic heterocycles. The van der Waals surface area contributed by atoms with Gasteiger partial charge in [-0.2, -0.15) is 9.97 Å². The molecule has 1 unspecified atom stereocenters. The van der Waals surface area contributed by atoms with Gasteiger partial charge < -0.3 is 19.7 Å². The average Bonchev–Trinajstić information content (AvgIpc) is 3.41. The summed E-state index contributed by atoms with van der Waals surface area (Å²) in [5, 5.41) is 9.91. The minimum atomic E-state index is -0.528. The van der Waals surface area contributed by atoms with Crippen molar-refractivity contribution in [3.63, 3.8) is 0 Å². The summed E-state index contributed by atoms with van der Waals surface area (Å²) in [6.07, 6.45) is 1.41. The first-order valence-electron chi connectivity index (χ1n) is 11.5. The maximum atomic E-state index is 14.5. The van der Waals surface area contributed by atoms with Crippen LogP contribution in [-0.4, -0.2) is 60.0 Å². The molecule has 7 rings (SSSR count). The number of H-pyrrole nitrogens is 1. The van der Waals surface area contributed by atoms with Gasteiger partial charge in [-0.05, 0) is 18.2 Å². The molecule has 0 saturated carbocycles. The normalized spacial score (nSPS) is 17.9. The minimum Gasteiger partial charge on any atom is -0.490 e. The number of imidazole rings is 2. The highest BCUT2D eigenvalue weighted by Gasteiger charge is 2.33. The van der Waals surface area contributed by atoms with Gasteiger partial charge in [0.25, 0.3) is 0 Å². The Kier molecular flexibility index (Phi) is 4.43. The van der Waals surface area contributed by atoms with Crippen molar-refractivity contribution < 1.29 is 18.6 Å². The van der Waals surface area contributed by atoms with Crippen molar-refractivity contribution in [3.8, 4) is 11.7 Å². The fourth-order valence-electron chi connectivity index (χ4n) is 5.01. The first-order chi connectivity index (χ1) is 17.5. The van der Waals surface area contributed by atoms with Crippen LogP contribution in [-0.2, 0) is 0 Å². The molecule has 1 atom stereocenters. The smallest absolute Gasteiger partial charge is 0.328 e. The number of aliphatic hydroxyl groups is 1. The minimum absolute atomic E-state index is 0.117. The van der Waals surface area contributed by atoms with Gasteiger partial charge in [0.15, 0.2) is 23.0 Å². The number of anilines is 1. The van der Waals surface area contributed by atoms with Gasteiger partial charge >= 0.3 is 5.69 Å². The molecule has 10 nitrogen and oxygen atoms in total. The molecule has 5 heterocycles. The Labute approximate surface area is 201 Å². The molecule has 1 saturated heterocycles. The van der Waals surface area contributed by atoms with Crippen LogP contribution < -0.4 is 15.3 Å². The molecular formula is C24H19F2N7O3. The third-order valence-electron chi connectivity index (χ3n) is 6.73. The molecule has 182 valence electrons. The summed E-state index contributed by atoms with van der Waals surface area (Å²) >= 11 is 0. The Morgan fingerprint density at radius 2 is 2.00 bits per heavy atom. The predicted octanol–water partition coefficient (Wildman–Crippen LogP) is 2.29. The van der Waals surface area contributed by atoms with Gasteiger partial charge in [0.1, 0.15) is 17.7 Å². The van der Waals surface area contributed by atoms with Crippen molar-refractivity contribution in [1.29, 1.82) is 0 Å². The second kappa shape index (κ2) is 7.59. The molecule has 0 aliphatic carbocycles. The number of aromatic amines is 1. The third kappa shape index (κ3) is 3.04. The van der Waals surface area contributed by atoms with Crippen molar-refractivity contribution in [1.82, 2.24) is 29.1 Å². The lowest BCUT2D eigenvalue weighted by atomic mass is 10.00. The summed E-state index contributed by atoms with van der Waals surface area (Å²) < 4.78 is 37.1. The number of ether oxygens (including phenoxy) is 1. The van der Waals surface area contributed by atoms with Crippen molar-refractivity contribution in [2.24, 2.45) is 0 Å². The van der Waals surface area contributed by atoms with Crippen molar-refractivity contribution >= 4 is 28.0 Å².